The number of carbonyl (C=O) groups is 1. The van der Waals surface area contributed by atoms with Crippen molar-refractivity contribution >= 4 is 11.7 Å². The topological polar surface area (TPSA) is 89.7 Å². The first kappa shape index (κ1) is 19.4. The van der Waals surface area contributed by atoms with Gasteiger partial charge in [0.05, 0.1) is 5.56 Å². The van der Waals surface area contributed by atoms with E-state index in [1.165, 1.54) is 6.07 Å². The van der Waals surface area contributed by atoms with Crippen molar-refractivity contribution in [3.8, 4) is 11.5 Å². The van der Waals surface area contributed by atoms with Gasteiger partial charge in [-0.3, -0.25) is 9.69 Å². The number of para-hydroxylation sites is 1. The third kappa shape index (κ3) is 4.59. The Morgan fingerprint density at radius 3 is 2.90 bits per heavy atom. The van der Waals surface area contributed by atoms with Crippen LogP contribution in [0.1, 0.15) is 23.2 Å². The number of halogens is 1. The highest BCUT2D eigenvalue weighted by Crippen LogP contribution is 2.34. The lowest BCUT2D eigenvalue weighted by atomic mass is 9.96. The molecule has 2 aromatic rings. The highest BCUT2D eigenvalue weighted by atomic mass is 19.1. The molecule has 3 heterocycles. The molecule has 29 heavy (non-hydrogen) atoms. The number of benzene rings is 1. The van der Waals surface area contributed by atoms with Crippen LogP contribution in [0.15, 0.2) is 36.5 Å². The maximum Gasteiger partial charge on any atom is 0.255 e. The van der Waals surface area contributed by atoms with E-state index >= 15 is 0 Å². The number of hydrogen-bond donors (Lipinski definition) is 2. The van der Waals surface area contributed by atoms with Crippen molar-refractivity contribution in [3.05, 3.63) is 47.9 Å². The Balaban J connectivity index is 1.22. The summed E-state index contributed by atoms with van der Waals surface area (Å²) in [6.07, 6.45) is 3.32. The molecule has 1 amide bonds. The van der Waals surface area contributed by atoms with Crippen molar-refractivity contribution < 1.29 is 18.7 Å². The molecule has 1 saturated heterocycles. The van der Waals surface area contributed by atoms with Gasteiger partial charge in [0.15, 0.2) is 17.3 Å². The lowest BCUT2D eigenvalue weighted by molar-refractivity contribution is 0.0442. The zero-order chi connectivity index (χ0) is 20.2. The van der Waals surface area contributed by atoms with E-state index in [-0.39, 0.29) is 23.6 Å². The summed E-state index contributed by atoms with van der Waals surface area (Å²) in [6, 6.07) is 8.08. The maximum atomic E-state index is 13.9. The van der Waals surface area contributed by atoms with Crippen LogP contribution in [-0.4, -0.2) is 54.7 Å². The van der Waals surface area contributed by atoms with Crippen LogP contribution in [0.3, 0.4) is 0 Å². The standard InChI is InChI=1S/C21H25FN4O3/c22-17-4-1-5-18-19(17)29-15(13-28-18)12-26-9-6-14(7-10-26)11-25-21(27)16-3-2-8-24-20(16)23/h1-5,8,14-15H,6-7,9-13H2,(H2,23,24)(H,25,27)/t15-/m0/s1. The first-order valence-electron chi connectivity index (χ1n) is 9.89. The molecular weight excluding hydrogens is 375 g/mol. The van der Waals surface area contributed by atoms with Gasteiger partial charge in [-0.25, -0.2) is 9.37 Å². The monoisotopic (exact) mass is 400 g/mol. The SMILES string of the molecule is Nc1ncccc1C(=O)NCC1CCN(C[C@H]2COc3cccc(F)c3O2)CC1. The minimum Gasteiger partial charge on any atom is -0.486 e. The molecule has 1 aromatic carbocycles. The van der Waals surface area contributed by atoms with E-state index in [4.69, 9.17) is 15.2 Å². The third-order valence-electron chi connectivity index (χ3n) is 5.44. The Hall–Kier alpha value is -2.87. The van der Waals surface area contributed by atoms with Crippen molar-refractivity contribution in [1.82, 2.24) is 15.2 Å². The van der Waals surface area contributed by atoms with Crippen molar-refractivity contribution in [3.63, 3.8) is 0 Å². The number of carbonyl (C=O) groups excluding carboxylic acids is 1. The van der Waals surface area contributed by atoms with Gasteiger partial charge >= 0.3 is 0 Å². The highest BCUT2D eigenvalue weighted by molar-refractivity contribution is 5.98. The second-order valence-electron chi connectivity index (χ2n) is 7.51. The number of amides is 1. The number of nitrogens with zero attached hydrogens (tertiary/aromatic N) is 2. The predicted molar refractivity (Wildman–Crippen MR) is 106 cm³/mol. The van der Waals surface area contributed by atoms with E-state index < -0.39 is 5.82 Å². The number of hydrogen-bond acceptors (Lipinski definition) is 6. The number of ether oxygens (including phenoxy) is 2. The minimum absolute atomic E-state index is 0.188. The minimum atomic E-state index is -0.393. The second kappa shape index (κ2) is 8.65. The zero-order valence-corrected chi connectivity index (χ0v) is 16.1. The van der Waals surface area contributed by atoms with Crippen molar-refractivity contribution in [1.29, 1.82) is 0 Å². The van der Waals surface area contributed by atoms with Crippen LogP contribution in [0.4, 0.5) is 10.2 Å². The number of pyridine rings is 1. The van der Waals surface area contributed by atoms with Gasteiger partial charge in [-0.1, -0.05) is 6.07 Å². The summed E-state index contributed by atoms with van der Waals surface area (Å²) >= 11 is 0. The van der Waals surface area contributed by atoms with E-state index in [2.05, 4.69) is 15.2 Å². The average molecular weight is 400 g/mol. The van der Waals surface area contributed by atoms with Crippen LogP contribution in [0, 0.1) is 11.7 Å². The number of likely N-dealkylation sites (tertiary alicyclic amines) is 1. The summed E-state index contributed by atoms with van der Waals surface area (Å²) < 4.78 is 25.4. The van der Waals surface area contributed by atoms with Gasteiger partial charge in [0.1, 0.15) is 18.5 Å². The summed E-state index contributed by atoms with van der Waals surface area (Å²) in [6.45, 7) is 3.53. The summed E-state index contributed by atoms with van der Waals surface area (Å²) in [5.74, 6) is 0.741. The number of nitrogens with two attached hydrogens (primary N) is 1. The smallest absolute Gasteiger partial charge is 0.255 e. The molecule has 0 radical (unpaired) electrons. The van der Waals surface area contributed by atoms with Gasteiger partial charge in [-0.2, -0.15) is 0 Å². The normalized spacial score (nSPS) is 19.7. The lowest BCUT2D eigenvalue weighted by Gasteiger charge is -2.35. The van der Waals surface area contributed by atoms with E-state index in [9.17, 15) is 9.18 Å². The van der Waals surface area contributed by atoms with Gasteiger partial charge in [0.2, 0.25) is 0 Å². The molecule has 1 atom stereocenters. The Kier molecular flexibility index (Phi) is 5.80. The first-order valence-corrected chi connectivity index (χ1v) is 9.89. The number of nitrogens with one attached hydrogen (secondary N) is 1. The van der Waals surface area contributed by atoms with Gasteiger partial charge < -0.3 is 20.5 Å². The van der Waals surface area contributed by atoms with E-state index in [1.54, 1.807) is 30.5 Å². The number of aromatic nitrogens is 1. The number of rotatable bonds is 5. The Morgan fingerprint density at radius 1 is 1.28 bits per heavy atom. The molecule has 8 heteroatoms. The largest absolute Gasteiger partial charge is 0.486 e. The Labute approximate surface area is 169 Å². The van der Waals surface area contributed by atoms with Crippen molar-refractivity contribution in [2.75, 3.05) is 38.5 Å². The fourth-order valence-corrected chi connectivity index (χ4v) is 3.79. The quantitative estimate of drug-likeness (QED) is 0.799. The van der Waals surface area contributed by atoms with E-state index in [0.717, 1.165) is 25.9 Å². The number of nitrogen functional groups attached to an aromatic ring is 1. The fraction of sp³-hybridized carbons (Fsp3) is 0.429. The molecule has 2 aliphatic rings. The molecule has 0 saturated carbocycles. The molecule has 1 fully saturated rings. The maximum absolute atomic E-state index is 13.9. The predicted octanol–water partition coefficient (Wildman–Crippen LogP) is 2.08. The molecule has 2 aliphatic heterocycles. The molecule has 3 N–H and O–H groups in total. The number of fused-ring (bicyclic) bond motifs is 1. The van der Waals surface area contributed by atoms with Crippen LogP contribution >= 0.6 is 0 Å². The van der Waals surface area contributed by atoms with Crippen LogP contribution < -0.4 is 20.5 Å². The molecule has 0 spiro atoms. The summed E-state index contributed by atoms with van der Waals surface area (Å²) in [4.78, 5) is 18.5. The number of piperidine rings is 1. The van der Waals surface area contributed by atoms with E-state index in [0.29, 0.717) is 36.9 Å². The van der Waals surface area contributed by atoms with Crippen LogP contribution in [0.5, 0.6) is 11.5 Å². The van der Waals surface area contributed by atoms with Crippen LogP contribution in [-0.2, 0) is 0 Å². The first-order chi connectivity index (χ1) is 14.1. The average Bonchev–Trinajstić information content (AvgIpc) is 2.74. The lowest BCUT2D eigenvalue weighted by Crippen LogP contribution is -2.45. The van der Waals surface area contributed by atoms with Gasteiger partial charge in [-0.05, 0) is 56.1 Å². The second-order valence-corrected chi connectivity index (χ2v) is 7.51. The molecule has 1 aromatic heterocycles. The number of anilines is 1. The molecule has 4 rings (SSSR count). The molecular formula is C21H25FN4O3. The van der Waals surface area contributed by atoms with E-state index in [1.807, 2.05) is 0 Å². The van der Waals surface area contributed by atoms with Gasteiger partial charge in [0.25, 0.3) is 5.91 Å². The molecule has 7 nitrogen and oxygen atoms in total. The van der Waals surface area contributed by atoms with Crippen LogP contribution in [0.2, 0.25) is 0 Å². The molecule has 0 bridgehead atoms. The Morgan fingerprint density at radius 2 is 2.10 bits per heavy atom. The molecule has 154 valence electrons. The summed E-state index contributed by atoms with van der Waals surface area (Å²) in [7, 11) is 0. The zero-order valence-electron chi connectivity index (χ0n) is 16.1. The molecule has 0 unspecified atom stereocenters. The van der Waals surface area contributed by atoms with Crippen molar-refractivity contribution in [2.24, 2.45) is 5.92 Å². The summed E-state index contributed by atoms with van der Waals surface area (Å²) in [5.41, 5.74) is 6.16. The highest BCUT2D eigenvalue weighted by Gasteiger charge is 2.28. The summed E-state index contributed by atoms with van der Waals surface area (Å²) in [5, 5.41) is 2.96. The third-order valence-corrected chi connectivity index (χ3v) is 5.44. The van der Waals surface area contributed by atoms with Gasteiger partial charge in [0, 0.05) is 19.3 Å². The molecule has 0 aliphatic carbocycles. The van der Waals surface area contributed by atoms with Crippen LogP contribution in [0.25, 0.3) is 0 Å². The van der Waals surface area contributed by atoms with Crippen molar-refractivity contribution in [2.45, 2.75) is 18.9 Å². The fourth-order valence-electron chi connectivity index (χ4n) is 3.79. The van der Waals surface area contributed by atoms with Gasteiger partial charge in [-0.15, -0.1) is 0 Å². The Bertz CT molecular complexity index is 871.